The number of ether oxygens (including phenoxy) is 1. The molecule has 3 aromatic rings. The van der Waals surface area contributed by atoms with Crippen molar-refractivity contribution >= 4 is 0 Å². The quantitative estimate of drug-likeness (QED) is 0.231. The third kappa shape index (κ3) is 6.12. The number of halogens is 1. The molecule has 0 spiro atoms. The largest absolute Gasteiger partial charge is 0.373 e. The van der Waals surface area contributed by atoms with Crippen molar-refractivity contribution < 1.29 is 9.13 Å². The van der Waals surface area contributed by atoms with Gasteiger partial charge in [0.05, 0.1) is 13.2 Å². The molecule has 0 unspecified atom stereocenters. The average molecular weight is 455 g/mol. The first kappa shape index (κ1) is 24.2. The van der Waals surface area contributed by atoms with Crippen LogP contribution >= 0.6 is 0 Å². The van der Waals surface area contributed by atoms with Crippen LogP contribution in [0.3, 0.4) is 0 Å². The van der Waals surface area contributed by atoms with Gasteiger partial charge in [0.15, 0.2) is 0 Å². The van der Waals surface area contributed by atoms with Crippen molar-refractivity contribution in [2.45, 2.75) is 51.6 Å². The molecule has 0 bridgehead atoms. The molecule has 1 aliphatic rings. The maximum Gasteiger partial charge on any atom is 0.129 e. The molecule has 1 nitrogen and oxygen atoms in total. The van der Waals surface area contributed by atoms with E-state index in [9.17, 15) is 4.39 Å². The van der Waals surface area contributed by atoms with Gasteiger partial charge in [-0.05, 0) is 77.8 Å². The molecule has 1 fully saturated rings. The van der Waals surface area contributed by atoms with E-state index in [1.165, 1.54) is 42.4 Å². The van der Waals surface area contributed by atoms with Crippen molar-refractivity contribution in [1.29, 1.82) is 0 Å². The van der Waals surface area contributed by atoms with Crippen molar-refractivity contribution in [2.75, 3.05) is 6.61 Å². The smallest absolute Gasteiger partial charge is 0.129 e. The van der Waals surface area contributed by atoms with E-state index in [0.717, 1.165) is 23.5 Å². The van der Waals surface area contributed by atoms with Gasteiger partial charge in [-0.1, -0.05) is 85.8 Å². The molecule has 0 heterocycles. The topological polar surface area (TPSA) is 9.23 Å². The number of hydrogen-bond acceptors (Lipinski definition) is 1. The van der Waals surface area contributed by atoms with Gasteiger partial charge in [0.1, 0.15) is 5.82 Å². The zero-order valence-corrected chi connectivity index (χ0v) is 20.2. The minimum absolute atomic E-state index is 0.239. The van der Waals surface area contributed by atoms with Gasteiger partial charge in [-0.3, -0.25) is 0 Å². The van der Waals surface area contributed by atoms with Crippen LogP contribution in [0, 0.1) is 11.7 Å². The molecule has 176 valence electrons. The number of rotatable bonds is 9. The van der Waals surface area contributed by atoms with Gasteiger partial charge in [-0.25, -0.2) is 4.39 Å². The molecule has 1 aliphatic carbocycles. The molecule has 3 aromatic carbocycles. The van der Waals surface area contributed by atoms with Crippen molar-refractivity contribution in [1.82, 2.24) is 0 Å². The molecular weight excluding hydrogens is 419 g/mol. The predicted molar refractivity (Wildman–Crippen MR) is 141 cm³/mol. The monoisotopic (exact) mass is 454 g/mol. The van der Waals surface area contributed by atoms with Crippen LogP contribution in [0.4, 0.5) is 4.39 Å². The van der Waals surface area contributed by atoms with Gasteiger partial charge in [0, 0.05) is 5.56 Å². The first-order valence-corrected chi connectivity index (χ1v) is 12.5. The lowest BCUT2D eigenvalue weighted by molar-refractivity contribution is 0.146. The molecule has 2 heteroatoms. The van der Waals surface area contributed by atoms with E-state index in [1.54, 1.807) is 18.2 Å². The minimum atomic E-state index is -0.239. The molecule has 4 rings (SSSR count). The predicted octanol–water partition coefficient (Wildman–Crippen LogP) is 9.10. The molecule has 0 amide bonds. The lowest BCUT2D eigenvalue weighted by Crippen LogP contribution is -2.11. The van der Waals surface area contributed by atoms with Crippen LogP contribution in [0.2, 0.25) is 0 Å². The number of allylic oxidation sites excluding steroid dienone is 2. The van der Waals surface area contributed by atoms with Crippen molar-refractivity contribution in [3.63, 3.8) is 0 Å². The van der Waals surface area contributed by atoms with E-state index in [0.29, 0.717) is 18.1 Å². The van der Waals surface area contributed by atoms with Crippen LogP contribution in [0.25, 0.3) is 22.3 Å². The molecule has 0 aromatic heterocycles. The molecule has 0 N–H and O–H groups in total. The number of benzene rings is 3. The maximum absolute atomic E-state index is 14.5. The fraction of sp³-hybridized carbons (Fsp3) is 0.312. The summed E-state index contributed by atoms with van der Waals surface area (Å²) in [6.45, 7) is 6.49. The van der Waals surface area contributed by atoms with Crippen molar-refractivity contribution in [2.24, 2.45) is 5.92 Å². The Labute approximate surface area is 204 Å². The van der Waals surface area contributed by atoms with Crippen LogP contribution in [-0.4, -0.2) is 6.61 Å². The zero-order chi connectivity index (χ0) is 23.8. The Kier molecular flexibility index (Phi) is 8.49. The Bertz CT molecular complexity index is 1090. The fourth-order valence-electron chi connectivity index (χ4n) is 4.87. The lowest BCUT2D eigenvalue weighted by Gasteiger charge is -2.27. The van der Waals surface area contributed by atoms with Crippen LogP contribution in [0.5, 0.6) is 0 Å². The molecule has 0 saturated heterocycles. The average Bonchev–Trinajstić information content (AvgIpc) is 2.89. The van der Waals surface area contributed by atoms with E-state index < -0.39 is 0 Å². The van der Waals surface area contributed by atoms with Gasteiger partial charge < -0.3 is 4.74 Å². The third-order valence-corrected chi connectivity index (χ3v) is 6.90. The Hall–Kier alpha value is -2.97. The summed E-state index contributed by atoms with van der Waals surface area (Å²) >= 11 is 0. The van der Waals surface area contributed by atoms with Gasteiger partial charge in [0.25, 0.3) is 0 Å². The molecular formula is C32H35FO. The Morgan fingerprint density at radius 3 is 2.03 bits per heavy atom. The summed E-state index contributed by atoms with van der Waals surface area (Å²) < 4.78 is 19.8. The first-order chi connectivity index (χ1) is 16.7. The first-order valence-electron chi connectivity index (χ1n) is 12.5. The highest BCUT2D eigenvalue weighted by molar-refractivity contribution is 5.70. The molecule has 0 aliphatic heterocycles. The summed E-state index contributed by atoms with van der Waals surface area (Å²) in [5.41, 5.74) is 6.30. The van der Waals surface area contributed by atoms with Crippen LogP contribution in [-0.2, 0) is 11.3 Å². The Morgan fingerprint density at radius 2 is 1.44 bits per heavy atom. The summed E-state index contributed by atoms with van der Waals surface area (Å²) in [7, 11) is 0. The van der Waals surface area contributed by atoms with E-state index in [1.807, 2.05) is 6.07 Å². The van der Waals surface area contributed by atoms with Gasteiger partial charge >= 0.3 is 0 Å². The van der Waals surface area contributed by atoms with E-state index >= 15 is 0 Å². The van der Waals surface area contributed by atoms with Gasteiger partial charge in [0.2, 0.25) is 0 Å². The van der Waals surface area contributed by atoms with Crippen LogP contribution < -0.4 is 0 Å². The van der Waals surface area contributed by atoms with E-state index in [2.05, 4.69) is 74.2 Å². The second-order valence-electron chi connectivity index (χ2n) is 9.26. The fourth-order valence-corrected chi connectivity index (χ4v) is 4.87. The second kappa shape index (κ2) is 11.9. The van der Waals surface area contributed by atoms with Gasteiger partial charge in [-0.15, -0.1) is 6.58 Å². The molecule has 0 atom stereocenters. The molecule has 34 heavy (non-hydrogen) atoms. The lowest BCUT2D eigenvalue weighted by atomic mass is 9.78. The highest BCUT2D eigenvalue weighted by atomic mass is 19.1. The summed E-state index contributed by atoms with van der Waals surface area (Å²) in [5.74, 6) is 1.21. The summed E-state index contributed by atoms with van der Waals surface area (Å²) in [5, 5.41) is 0. The summed E-state index contributed by atoms with van der Waals surface area (Å²) in [6.07, 6.45) is 12.7. The Morgan fingerprint density at radius 1 is 0.853 bits per heavy atom. The second-order valence-corrected chi connectivity index (χ2v) is 9.26. The summed E-state index contributed by atoms with van der Waals surface area (Å²) in [4.78, 5) is 0. The standard InChI is InChI=1S/C32H35FO/c1-3-5-6-24-7-9-25(10-8-24)26-11-13-27(14-12-26)28-15-17-29(18-16-28)30-19-20-31(32(33)22-30)23-34-21-4-2/h4-6,11-20,22,24-25H,2-3,7-10,21,23H2,1H3/b6-5+/t24-,25-. The summed E-state index contributed by atoms with van der Waals surface area (Å²) in [6, 6.07) is 22.8. The zero-order valence-electron chi connectivity index (χ0n) is 20.2. The SMILES string of the molecule is C=CCOCc1ccc(-c2ccc(-c3ccc([C@H]4CC[C@H](/C=C/CC)CC4)cc3)cc2)cc1F. The van der Waals surface area contributed by atoms with Crippen molar-refractivity contribution in [3.05, 3.63) is 108 Å². The Balaban J connectivity index is 1.39. The van der Waals surface area contributed by atoms with Crippen LogP contribution in [0.1, 0.15) is 56.1 Å². The normalized spacial score (nSPS) is 18.3. The molecule has 1 saturated carbocycles. The highest BCUT2D eigenvalue weighted by Crippen LogP contribution is 2.37. The number of hydrogen-bond donors (Lipinski definition) is 0. The van der Waals surface area contributed by atoms with Crippen molar-refractivity contribution in [3.8, 4) is 22.3 Å². The van der Waals surface area contributed by atoms with E-state index in [4.69, 9.17) is 4.74 Å². The van der Waals surface area contributed by atoms with Crippen LogP contribution in [0.15, 0.2) is 91.5 Å². The van der Waals surface area contributed by atoms with Gasteiger partial charge in [-0.2, -0.15) is 0 Å². The highest BCUT2D eigenvalue weighted by Gasteiger charge is 2.20. The maximum atomic E-state index is 14.5. The molecule has 0 radical (unpaired) electrons. The third-order valence-electron chi connectivity index (χ3n) is 6.90. The minimum Gasteiger partial charge on any atom is -0.373 e. The van der Waals surface area contributed by atoms with E-state index in [-0.39, 0.29) is 12.4 Å².